The summed E-state index contributed by atoms with van der Waals surface area (Å²) in [6, 6.07) is 10.7. The molecule has 0 saturated carbocycles. The molecule has 0 aliphatic heterocycles. The summed E-state index contributed by atoms with van der Waals surface area (Å²) < 4.78 is 13.6. The van der Waals surface area contributed by atoms with Crippen molar-refractivity contribution in [3.8, 4) is 0 Å². The summed E-state index contributed by atoms with van der Waals surface area (Å²) in [6.07, 6.45) is 0. The fraction of sp³-hybridized carbons (Fsp3) is 0.200. The Morgan fingerprint density at radius 2 is 2.00 bits per heavy atom. The molecule has 0 aliphatic rings. The summed E-state index contributed by atoms with van der Waals surface area (Å²) >= 11 is 6.15. The van der Waals surface area contributed by atoms with E-state index in [0.29, 0.717) is 22.8 Å². The average Bonchev–Trinajstić information content (AvgIpc) is 2.36. The van der Waals surface area contributed by atoms with Gasteiger partial charge in [0.1, 0.15) is 5.82 Å². The van der Waals surface area contributed by atoms with Crippen LogP contribution in [0.1, 0.15) is 11.1 Å². The van der Waals surface area contributed by atoms with E-state index >= 15 is 0 Å². The standard InChI is InChI=1S/C15H16ClFN2/c1-10-6-14(16)11(7-15(10)17)9-19(2)13-5-3-4-12(18)8-13/h3-8H,9,18H2,1-2H3. The van der Waals surface area contributed by atoms with Crippen molar-refractivity contribution in [2.75, 3.05) is 17.7 Å². The number of nitrogen functional groups attached to an aromatic ring is 1. The molecule has 0 amide bonds. The van der Waals surface area contributed by atoms with Crippen molar-refractivity contribution in [1.29, 1.82) is 0 Å². The van der Waals surface area contributed by atoms with E-state index in [1.54, 1.807) is 13.0 Å². The molecule has 2 rings (SSSR count). The van der Waals surface area contributed by atoms with Gasteiger partial charge in [0.15, 0.2) is 0 Å². The Kier molecular flexibility index (Phi) is 3.96. The summed E-state index contributed by atoms with van der Waals surface area (Å²) in [5.74, 6) is -0.236. The number of hydrogen-bond acceptors (Lipinski definition) is 2. The lowest BCUT2D eigenvalue weighted by Gasteiger charge is -2.20. The second-order valence-electron chi connectivity index (χ2n) is 4.64. The van der Waals surface area contributed by atoms with Crippen LogP contribution in [0.25, 0.3) is 0 Å². The molecule has 0 fully saturated rings. The third-order valence-electron chi connectivity index (χ3n) is 3.05. The molecule has 100 valence electrons. The largest absolute Gasteiger partial charge is 0.399 e. The van der Waals surface area contributed by atoms with Crippen molar-refractivity contribution in [3.05, 3.63) is 58.4 Å². The molecule has 4 heteroatoms. The maximum Gasteiger partial charge on any atom is 0.126 e. The predicted octanol–water partition coefficient (Wildman–Crippen LogP) is 4.01. The molecule has 0 saturated heterocycles. The minimum atomic E-state index is -0.236. The smallest absolute Gasteiger partial charge is 0.126 e. The van der Waals surface area contributed by atoms with Crippen molar-refractivity contribution >= 4 is 23.0 Å². The lowest BCUT2D eigenvalue weighted by Crippen LogP contribution is -2.17. The molecule has 0 spiro atoms. The molecule has 2 N–H and O–H groups in total. The van der Waals surface area contributed by atoms with Crippen LogP contribution in [-0.4, -0.2) is 7.05 Å². The van der Waals surface area contributed by atoms with Gasteiger partial charge in [0.2, 0.25) is 0 Å². The highest BCUT2D eigenvalue weighted by Gasteiger charge is 2.09. The third-order valence-corrected chi connectivity index (χ3v) is 3.40. The van der Waals surface area contributed by atoms with Gasteiger partial charge in [-0.05, 0) is 48.4 Å². The maximum absolute atomic E-state index is 13.6. The van der Waals surface area contributed by atoms with Crippen molar-refractivity contribution in [1.82, 2.24) is 0 Å². The van der Waals surface area contributed by atoms with Crippen LogP contribution >= 0.6 is 11.6 Å². The fourth-order valence-electron chi connectivity index (χ4n) is 1.92. The van der Waals surface area contributed by atoms with Crippen LogP contribution in [0, 0.1) is 12.7 Å². The second kappa shape index (κ2) is 5.49. The van der Waals surface area contributed by atoms with Gasteiger partial charge in [0.25, 0.3) is 0 Å². The van der Waals surface area contributed by atoms with E-state index in [1.807, 2.05) is 36.2 Å². The van der Waals surface area contributed by atoms with Crippen LogP contribution in [-0.2, 0) is 6.54 Å². The molecule has 0 bridgehead atoms. The average molecular weight is 279 g/mol. The second-order valence-corrected chi connectivity index (χ2v) is 5.05. The molecule has 2 nitrogen and oxygen atoms in total. The number of nitrogens with two attached hydrogens (primary N) is 1. The molecule has 0 aromatic heterocycles. The maximum atomic E-state index is 13.6. The molecule has 2 aromatic carbocycles. The molecule has 0 heterocycles. The van der Waals surface area contributed by atoms with Crippen LogP contribution in [0.2, 0.25) is 5.02 Å². The van der Waals surface area contributed by atoms with Gasteiger partial charge in [-0.25, -0.2) is 4.39 Å². The number of rotatable bonds is 3. The van der Waals surface area contributed by atoms with Crippen LogP contribution in [0.4, 0.5) is 15.8 Å². The monoisotopic (exact) mass is 278 g/mol. The molecule has 0 radical (unpaired) electrons. The van der Waals surface area contributed by atoms with Gasteiger partial charge in [0, 0.05) is 30.0 Å². The third kappa shape index (κ3) is 3.18. The Hall–Kier alpha value is -1.74. The zero-order valence-electron chi connectivity index (χ0n) is 11.0. The van der Waals surface area contributed by atoms with Crippen molar-refractivity contribution < 1.29 is 4.39 Å². The first-order valence-electron chi connectivity index (χ1n) is 5.98. The van der Waals surface area contributed by atoms with Gasteiger partial charge >= 0.3 is 0 Å². The molecule has 2 aromatic rings. The lowest BCUT2D eigenvalue weighted by atomic mass is 10.1. The van der Waals surface area contributed by atoms with E-state index in [9.17, 15) is 4.39 Å². The van der Waals surface area contributed by atoms with Crippen LogP contribution < -0.4 is 10.6 Å². The highest BCUT2D eigenvalue weighted by molar-refractivity contribution is 6.31. The first-order valence-corrected chi connectivity index (χ1v) is 6.36. The Morgan fingerprint density at radius 3 is 2.68 bits per heavy atom. The molecule has 19 heavy (non-hydrogen) atoms. The highest BCUT2D eigenvalue weighted by atomic mass is 35.5. The van der Waals surface area contributed by atoms with Crippen LogP contribution in [0.5, 0.6) is 0 Å². The summed E-state index contributed by atoms with van der Waals surface area (Å²) in [5, 5.41) is 0.578. The number of halogens is 2. The fourth-order valence-corrected chi connectivity index (χ4v) is 2.20. The van der Waals surface area contributed by atoms with E-state index in [1.165, 1.54) is 6.07 Å². The predicted molar refractivity (Wildman–Crippen MR) is 79.1 cm³/mol. The SMILES string of the molecule is Cc1cc(Cl)c(CN(C)c2cccc(N)c2)cc1F. The van der Waals surface area contributed by atoms with Gasteiger partial charge in [0.05, 0.1) is 0 Å². The Labute approximate surface area is 117 Å². The number of hydrogen-bond donors (Lipinski definition) is 1. The molecule has 0 unspecified atom stereocenters. The number of nitrogens with zero attached hydrogens (tertiary/aromatic N) is 1. The zero-order chi connectivity index (χ0) is 14.0. The van der Waals surface area contributed by atoms with E-state index in [4.69, 9.17) is 17.3 Å². The first-order chi connectivity index (χ1) is 8.97. The molecule has 0 aliphatic carbocycles. The zero-order valence-corrected chi connectivity index (χ0v) is 11.7. The molecule has 0 atom stereocenters. The highest BCUT2D eigenvalue weighted by Crippen LogP contribution is 2.24. The van der Waals surface area contributed by atoms with Gasteiger partial charge in [-0.15, -0.1) is 0 Å². The van der Waals surface area contributed by atoms with Crippen molar-refractivity contribution in [3.63, 3.8) is 0 Å². The quantitative estimate of drug-likeness (QED) is 0.860. The van der Waals surface area contributed by atoms with Gasteiger partial charge in [-0.3, -0.25) is 0 Å². The topological polar surface area (TPSA) is 29.3 Å². The summed E-state index contributed by atoms with van der Waals surface area (Å²) in [7, 11) is 1.92. The van der Waals surface area contributed by atoms with Crippen molar-refractivity contribution in [2.24, 2.45) is 0 Å². The number of benzene rings is 2. The normalized spacial score (nSPS) is 10.5. The summed E-state index contributed by atoms with van der Waals surface area (Å²) in [4.78, 5) is 1.98. The van der Waals surface area contributed by atoms with Gasteiger partial charge in [-0.1, -0.05) is 17.7 Å². The Morgan fingerprint density at radius 1 is 1.26 bits per heavy atom. The van der Waals surface area contributed by atoms with Crippen molar-refractivity contribution in [2.45, 2.75) is 13.5 Å². The van der Waals surface area contributed by atoms with Crippen LogP contribution in [0.3, 0.4) is 0 Å². The number of anilines is 2. The Balaban J connectivity index is 2.24. The number of aryl methyl sites for hydroxylation is 1. The van der Waals surface area contributed by atoms with Gasteiger partial charge < -0.3 is 10.6 Å². The van der Waals surface area contributed by atoms with Crippen LogP contribution in [0.15, 0.2) is 36.4 Å². The minimum Gasteiger partial charge on any atom is -0.399 e. The lowest BCUT2D eigenvalue weighted by molar-refractivity contribution is 0.616. The van der Waals surface area contributed by atoms with E-state index < -0.39 is 0 Å². The summed E-state index contributed by atoms with van der Waals surface area (Å²) in [5.41, 5.74) is 8.73. The minimum absolute atomic E-state index is 0.236. The molecular formula is C15H16ClFN2. The van der Waals surface area contributed by atoms with E-state index in [2.05, 4.69) is 0 Å². The summed E-state index contributed by atoms with van der Waals surface area (Å²) in [6.45, 7) is 2.23. The van der Waals surface area contributed by atoms with E-state index in [-0.39, 0.29) is 5.82 Å². The van der Waals surface area contributed by atoms with E-state index in [0.717, 1.165) is 11.3 Å². The first kappa shape index (κ1) is 13.7. The Bertz CT molecular complexity index is 599. The molecular weight excluding hydrogens is 263 g/mol. The van der Waals surface area contributed by atoms with Gasteiger partial charge in [-0.2, -0.15) is 0 Å².